The molecule has 24 heavy (non-hydrogen) atoms. The molecule has 4 N–H and O–H groups in total. The Balaban J connectivity index is 2.83. The SMILES string of the molecule is CN(C)C(=S)C(C(N)=S)N1CCN(C(C(N)=S)C(=S)N(C)C)CC1. The first-order valence-electron chi connectivity index (χ1n) is 7.57. The molecule has 1 aliphatic heterocycles. The summed E-state index contributed by atoms with van der Waals surface area (Å²) < 4.78 is 0. The van der Waals surface area contributed by atoms with Gasteiger partial charge in [0.1, 0.15) is 22.1 Å². The van der Waals surface area contributed by atoms with Crippen molar-refractivity contribution in [1.82, 2.24) is 19.6 Å². The smallest absolute Gasteiger partial charge is 0.111 e. The van der Waals surface area contributed by atoms with E-state index in [2.05, 4.69) is 9.80 Å². The predicted molar refractivity (Wildman–Crippen MR) is 117 cm³/mol. The van der Waals surface area contributed by atoms with Crippen LogP contribution in [0.15, 0.2) is 0 Å². The highest BCUT2D eigenvalue weighted by Crippen LogP contribution is 2.14. The average Bonchev–Trinajstić information content (AvgIpc) is 2.48. The monoisotopic (exact) mass is 406 g/mol. The Labute approximate surface area is 166 Å². The van der Waals surface area contributed by atoms with E-state index < -0.39 is 0 Å². The van der Waals surface area contributed by atoms with E-state index in [1.807, 2.05) is 38.0 Å². The van der Waals surface area contributed by atoms with Crippen molar-refractivity contribution >= 4 is 68.8 Å². The summed E-state index contributed by atoms with van der Waals surface area (Å²) in [5.41, 5.74) is 11.9. The number of nitrogens with zero attached hydrogens (tertiary/aromatic N) is 4. The molecule has 2 atom stereocenters. The third-order valence-electron chi connectivity index (χ3n) is 3.97. The van der Waals surface area contributed by atoms with Crippen molar-refractivity contribution in [2.45, 2.75) is 12.1 Å². The number of piperazine rings is 1. The van der Waals surface area contributed by atoms with Crippen molar-refractivity contribution in [2.75, 3.05) is 54.4 Å². The van der Waals surface area contributed by atoms with Crippen LogP contribution in [-0.2, 0) is 0 Å². The van der Waals surface area contributed by atoms with Crippen LogP contribution in [0.4, 0.5) is 0 Å². The van der Waals surface area contributed by atoms with Crippen molar-refractivity contribution in [3.05, 3.63) is 0 Å². The van der Waals surface area contributed by atoms with Crippen LogP contribution in [0.1, 0.15) is 0 Å². The van der Waals surface area contributed by atoms with Gasteiger partial charge in [-0.2, -0.15) is 0 Å². The Bertz CT molecular complexity index is 467. The molecule has 0 spiro atoms. The zero-order valence-electron chi connectivity index (χ0n) is 14.6. The summed E-state index contributed by atoms with van der Waals surface area (Å²) in [5, 5.41) is 0. The fourth-order valence-electron chi connectivity index (χ4n) is 2.66. The summed E-state index contributed by atoms with van der Waals surface area (Å²) in [6, 6.07) is -0.424. The van der Waals surface area contributed by atoms with Crippen LogP contribution in [0.5, 0.6) is 0 Å². The fourth-order valence-corrected chi connectivity index (χ4v) is 3.88. The van der Waals surface area contributed by atoms with Crippen molar-refractivity contribution in [3.63, 3.8) is 0 Å². The molecule has 1 rings (SSSR count). The van der Waals surface area contributed by atoms with Gasteiger partial charge in [-0.3, -0.25) is 9.80 Å². The van der Waals surface area contributed by atoms with Crippen LogP contribution in [0.25, 0.3) is 0 Å². The first-order chi connectivity index (χ1) is 11.1. The minimum atomic E-state index is -0.212. The van der Waals surface area contributed by atoms with E-state index in [1.165, 1.54) is 0 Å². The summed E-state index contributed by atoms with van der Waals surface area (Å²) in [7, 11) is 7.62. The third kappa shape index (κ3) is 5.24. The van der Waals surface area contributed by atoms with Crippen molar-refractivity contribution in [3.8, 4) is 0 Å². The Morgan fingerprint density at radius 3 is 1.12 bits per heavy atom. The lowest BCUT2D eigenvalue weighted by Crippen LogP contribution is -2.62. The second kappa shape index (κ2) is 9.25. The van der Waals surface area contributed by atoms with Crippen molar-refractivity contribution in [1.29, 1.82) is 0 Å². The largest absolute Gasteiger partial charge is 0.392 e. The highest BCUT2D eigenvalue weighted by atomic mass is 32.1. The summed E-state index contributed by atoms with van der Waals surface area (Å²) in [6.07, 6.45) is 0. The van der Waals surface area contributed by atoms with Gasteiger partial charge in [-0.25, -0.2) is 0 Å². The first kappa shape index (κ1) is 21.5. The minimum Gasteiger partial charge on any atom is -0.392 e. The molecule has 0 aliphatic carbocycles. The second-order valence-electron chi connectivity index (χ2n) is 6.15. The van der Waals surface area contributed by atoms with Crippen molar-refractivity contribution in [2.24, 2.45) is 11.5 Å². The molecule has 6 nitrogen and oxygen atoms in total. The predicted octanol–water partition coefficient (Wildman–Crippen LogP) is -0.309. The van der Waals surface area contributed by atoms with E-state index >= 15 is 0 Å². The topological polar surface area (TPSA) is 65.0 Å². The molecular weight excluding hydrogens is 380 g/mol. The lowest BCUT2D eigenvalue weighted by molar-refractivity contribution is 0.132. The summed E-state index contributed by atoms with van der Waals surface area (Å²) in [5.74, 6) is 0. The molecule has 10 heteroatoms. The van der Waals surface area contributed by atoms with Crippen molar-refractivity contribution < 1.29 is 0 Å². The van der Waals surface area contributed by atoms with Gasteiger partial charge in [0.05, 0.1) is 9.98 Å². The van der Waals surface area contributed by atoms with Gasteiger partial charge in [0.25, 0.3) is 0 Å². The molecule has 0 amide bonds. The molecule has 0 aromatic carbocycles. The van der Waals surface area contributed by atoms with Crippen LogP contribution in [0.3, 0.4) is 0 Å². The Kier molecular flexibility index (Phi) is 8.30. The van der Waals surface area contributed by atoms with E-state index in [0.29, 0.717) is 9.98 Å². The third-order valence-corrected chi connectivity index (χ3v) is 5.59. The maximum Gasteiger partial charge on any atom is 0.111 e. The number of thiocarbonyl (C=S) groups is 4. The summed E-state index contributed by atoms with van der Waals surface area (Å²) in [4.78, 5) is 10.4. The standard InChI is InChI=1S/C14H26N6S4/c1-17(2)13(23)9(11(15)21)19-5-7-20(8-6-19)10(12(16)22)14(24)18(3)4/h9-10H,5-8H2,1-4H3,(H2,15,21)(H2,16,22). The maximum atomic E-state index is 5.93. The number of rotatable bonds is 6. The van der Waals surface area contributed by atoms with Gasteiger partial charge < -0.3 is 21.3 Å². The molecule has 1 aliphatic rings. The van der Waals surface area contributed by atoms with Gasteiger partial charge in [-0.15, -0.1) is 0 Å². The fraction of sp³-hybridized carbons (Fsp3) is 0.714. The van der Waals surface area contributed by atoms with Gasteiger partial charge in [-0.05, 0) is 0 Å². The van der Waals surface area contributed by atoms with Crippen LogP contribution in [0, 0.1) is 0 Å². The van der Waals surface area contributed by atoms with Crippen LogP contribution in [0.2, 0.25) is 0 Å². The second-order valence-corrected chi connectivity index (χ2v) is 7.93. The van der Waals surface area contributed by atoms with Gasteiger partial charge in [0.2, 0.25) is 0 Å². The normalized spacial score (nSPS) is 18.5. The molecular formula is C14H26N6S4. The van der Waals surface area contributed by atoms with Crippen LogP contribution >= 0.6 is 48.9 Å². The van der Waals surface area contributed by atoms with E-state index in [-0.39, 0.29) is 12.1 Å². The molecule has 1 fully saturated rings. The van der Waals surface area contributed by atoms with Gasteiger partial charge in [-0.1, -0.05) is 48.9 Å². The van der Waals surface area contributed by atoms with E-state index in [9.17, 15) is 0 Å². The van der Waals surface area contributed by atoms with Gasteiger partial charge >= 0.3 is 0 Å². The minimum absolute atomic E-state index is 0.212. The highest BCUT2D eigenvalue weighted by Gasteiger charge is 2.34. The molecule has 0 bridgehead atoms. The molecule has 0 radical (unpaired) electrons. The van der Waals surface area contributed by atoms with Gasteiger partial charge in [0.15, 0.2) is 0 Å². The Morgan fingerprint density at radius 2 is 0.958 bits per heavy atom. The quantitative estimate of drug-likeness (QED) is 0.574. The molecule has 136 valence electrons. The molecule has 1 saturated heterocycles. The molecule has 0 saturated carbocycles. The number of hydrogen-bond acceptors (Lipinski definition) is 6. The zero-order valence-corrected chi connectivity index (χ0v) is 17.8. The number of nitrogens with two attached hydrogens (primary N) is 2. The molecule has 0 aromatic heterocycles. The van der Waals surface area contributed by atoms with E-state index in [0.717, 1.165) is 36.2 Å². The summed E-state index contributed by atoms with van der Waals surface area (Å²) in [6.45, 7) is 3.08. The van der Waals surface area contributed by atoms with E-state index in [4.69, 9.17) is 60.3 Å². The molecule has 2 unspecified atom stereocenters. The number of hydrogen-bond donors (Lipinski definition) is 2. The Hall–Kier alpha value is -0.520. The molecule has 1 heterocycles. The summed E-state index contributed by atoms with van der Waals surface area (Å²) >= 11 is 21.4. The maximum absolute atomic E-state index is 5.93. The average molecular weight is 407 g/mol. The first-order valence-corrected chi connectivity index (χ1v) is 9.20. The van der Waals surface area contributed by atoms with E-state index in [1.54, 1.807) is 0 Å². The lowest BCUT2D eigenvalue weighted by atomic mass is 10.1. The van der Waals surface area contributed by atoms with Gasteiger partial charge in [0, 0.05) is 54.4 Å². The highest BCUT2D eigenvalue weighted by molar-refractivity contribution is 7.82. The Morgan fingerprint density at radius 1 is 0.708 bits per heavy atom. The van der Waals surface area contributed by atoms with Crippen LogP contribution in [-0.4, -0.2) is 106 Å². The zero-order chi connectivity index (χ0) is 18.6. The lowest BCUT2D eigenvalue weighted by Gasteiger charge is -2.43. The number of likely N-dealkylation sites (N-methyl/N-ethyl adjacent to an activating group) is 2. The molecule has 0 aromatic rings. The van der Waals surface area contributed by atoms with Crippen LogP contribution < -0.4 is 11.5 Å².